The second kappa shape index (κ2) is 10.7. The number of nitrogens with zero attached hydrogens (tertiary/aromatic N) is 3. The minimum atomic E-state index is 0.484. The monoisotopic (exact) mass is 385 g/mol. The van der Waals surface area contributed by atoms with Gasteiger partial charge in [-0.05, 0) is 38.0 Å². The predicted molar refractivity (Wildman–Crippen MR) is 111 cm³/mol. The summed E-state index contributed by atoms with van der Waals surface area (Å²) in [5.41, 5.74) is 2.28. The SMILES string of the molecule is CCNC(=NCc1ccc(C)cc1OCC1CCOC1)NCCn1cccn1. The third kappa shape index (κ3) is 6.27. The lowest BCUT2D eigenvalue weighted by atomic mass is 10.1. The fourth-order valence-corrected chi connectivity index (χ4v) is 3.08. The zero-order valence-electron chi connectivity index (χ0n) is 16.9. The van der Waals surface area contributed by atoms with Crippen molar-refractivity contribution in [3.8, 4) is 5.75 Å². The lowest BCUT2D eigenvalue weighted by Crippen LogP contribution is -2.38. The largest absolute Gasteiger partial charge is 0.493 e. The van der Waals surface area contributed by atoms with E-state index in [0.29, 0.717) is 19.1 Å². The molecular weight excluding hydrogens is 354 g/mol. The maximum absolute atomic E-state index is 6.12. The Kier molecular flexibility index (Phi) is 7.72. The molecular formula is C21H31N5O2. The van der Waals surface area contributed by atoms with Gasteiger partial charge in [-0.1, -0.05) is 12.1 Å². The average Bonchev–Trinajstić information content (AvgIpc) is 3.39. The second-order valence-electron chi connectivity index (χ2n) is 7.04. The lowest BCUT2D eigenvalue weighted by molar-refractivity contribution is 0.166. The Morgan fingerprint density at radius 2 is 2.32 bits per heavy atom. The highest BCUT2D eigenvalue weighted by molar-refractivity contribution is 5.79. The van der Waals surface area contributed by atoms with Crippen molar-refractivity contribution in [3.63, 3.8) is 0 Å². The lowest BCUT2D eigenvalue weighted by Gasteiger charge is -2.15. The van der Waals surface area contributed by atoms with E-state index in [2.05, 4.69) is 47.8 Å². The quantitative estimate of drug-likeness (QED) is 0.512. The molecule has 152 valence electrons. The van der Waals surface area contributed by atoms with Crippen LogP contribution in [0.15, 0.2) is 41.7 Å². The van der Waals surface area contributed by atoms with Crippen LogP contribution in [-0.4, -0.2) is 48.7 Å². The first kappa shape index (κ1) is 20.2. The van der Waals surface area contributed by atoms with E-state index in [4.69, 9.17) is 14.5 Å². The van der Waals surface area contributed by atoms with Crippen LogP contribution in [-0.2, 0) is 17.8 Å². The Hall–Kier alpha value is -2.54. The van der Waals surface area contributed by atoms with E-state index in [0.717, 1.165) is 56.5 Å². The first-order chi connectivity index (χ1) is 13.7. The van der Waals surface area contributed by atoms with Crippen LogP contribution in [0.1, 0.15) is 24.5 Å². The third-order valence-corrected chi connectivity index (χ3v) is 4.67. The Morgan fingerprint density at radius 3 is 3.07 bits per heavy atom. The molecule has 1 saturated heterocycles. The molecule has 0 amide bonds. The summed E-state index contributed by atoms with van der Waals surface area (Å²) in [5, 5.41) is 10.9. The highest BCUT2D eigenvalue weighted by atomic mass is 16.5. The first-order valence-corrected chi connectivity index (χ1v) is 10.0. The fraction of sp³-hybridized carbons (Fsp3) is 0.524. The van der Waals surface area contributed by atoms with Gasteiger partial charge in [0, 0.05) is 43.6 Å². The Morgan fingerprint density at radius 1 is 1.39 bits per heavy atom. The number of rotatable bonds is 9. The number of benzene rings is 1. The van der Waals surface area contributed by atoms with Gasteiger partial charge < -0.3 is 20.1 Å². The van der Waals surface area contributed by atoms with E-state index in [9.17, 15) is 0 Å². The second-order valence-corrected chi connectivity index (χ2v) is 7.04. The molecule has 0 spiro atoms. The van der Waals surface area contributed by atoms with Crippen molar-refractivity contribution in [2.45, 2.75) is 33.4 Å². The van der Waals surface area contributed by atoms with Gasteiger partial charge in [0.2, 0.25) is 0 Å². The molecule has 1 atom stereocenters. The topological polar surface area (TPSA) is 72.7 Å². The summed E-state index contributed by atoms with van der Waals surface area (Å²) >= 11 is 0. The Balaban J connectivity index is 1.58. The van der Waals surface area contributed by atoms with E-state index in [-0.39, 0.29) is 0 Å². The molecule has 1 aromatic heterocycles. The van der Waals surface area contributed by atoms with Crippen LogP contribution in [0.3, 0.4) is 0 Å². The molecule has 0 saturated carbocycles. The molecule has 7 heteroatoms. The smallest absolute Gasteiger partial charge is 0.191 e. The molecule has 0 aliphatic carbocycles. The molecule has 0 radical (unpaired) electrons. The number of aromatic nitrogens is 2. The first-order valence-electron chi connectivity index (χ1n) is 10.0. The molecule has 0 bridgehead atoms. The minimum absolute atomic E-state index is 0.484. The van der Waals surface area contributed by atoms with Crippen LogP contribution >= 0.6 is 0 Å². The number of aryl methyl sites for hydroxylation is 1. The van der Waals surface area contributed by atoms with Gasteiger partial charge in [-0.2, -0.15) is 5.10 Å². The standard InChI is InChI=1S/C21H31N5O2/c1-3-22-21(23-9-11-26-10-4-8-25-26)24-14-19-6-5-17(2)13-20(19)28-16-18-7-12-27-15-18/h4-6,8,10,13,18H,3,7,9,11-12,14-16H2,1-2H3,(H2,22,23,24). The summed E-state index contributed by atoms with van der Waals surface area (Å²) in [7, 11) is 0. The molecule has 1 unspecified atom stereocenters. The molecule has 7 nitrogen and oxygen atoms in total. The molecule has 1 aliphatic rings. The number of aliphatic imine (C=N–C) groups is 1. The van der Waals surface area contributed by atoms with Crippen molar-refractivity contribution in [1.29, 1.82) is 0 Å². The summed E-state index contributed by atoms with van der Waals surface area (Å²) in [6, 6.07) is 8.23. The molecule has 2 aromatic rings. The van der Waals surface area contributed by atoms with Gasteiger partial charge >= 0.3 is 0 Å². The third-order valence-electron chi connectivity index (χ3n) is 4.67. The van der Waals surface area contributed by atoms with Crippen molar-refractivity contribution in [2.24, 2.45) is 10.9 Å². The number of ether oxygens (including phenoxy) is 2. The minimum Gasteiger partial charge on any atom is -0.493 e. The maximum atomic E-state index is 6.12. The summed E-state index contributed by atoms with van der Waals surface area (Å²) in [6.45, 7) is 9.41. The fourth-order valence-electron chi connectivity index (χ4n) is 3.08. The van der Waals surface area contributed by atoms with E-state index in [1.54, 1.807) is 6.20 Å². The average molecular weight is 386 g/mol. The molecule has 2 N–H and O–H groups in total. The van der Waals surface area contributed by atoms with E-state index >= 15 is 0 Å². The van der Waals surface area contributed by atoms with Crippen LogP contribution in [0.25, 0.3) is 0 Å². The number of nitrogens with one attached hydrogen (secondary N) is 2. The van der Waals surface area contributed by atoms with Gasteiger partial charge in [0.05, 0.1) is 26.3 Å². The number of hydrogen-bond donors (Lipinski definition) is 2. The van der Waals surface area contributed by atoms with Crippen molar-refractivity contribution in [2.75, 3.05) is 32.9 Å². The summed E-state index contributed by atoms with van der Waals surface area (Å²) in [6.07, 6.45) is 4.82. The van der Waals surface area contributed by atoms with Crippen LogP contribution in [0, 0.1) is 12.8 Å². The van der Waals surface area contributed by atoms with Gasteiger partial charge in [-0.15, -0.1) is 0 Å². The van der Waals surface area contributed by atoms with E-state index in [1.165, 1.54) is 5.56 Å². The van der Waals surface area contributed by atoms with E-state index in [1.807, 2.05) is 16.9 Å². The summed E-state index contributed by atoms with van der Waals surface area (Å²) in [4.78, 5) is 4.73. The van der Waals surface area contributed by atoms with E-state index < -0.39 is 0 Å². The van der Waals surface area contributed by atoms with Crippen molar-refractivity contribution in [1.82, 2.24) is 20.4 Å². The van der Waals surface area contributed by atoms with Crippen molar-refractivity contribution < 1.29 is 9.47 Å². The molecule has 1 aromatic carbocycles. The van der Waals surface area contributed by atoms with Crippen molar-refractivity contribution >= 4 is 5.96 Å². The van der Waals surface area contributed by atoms with Gasteiger partial charge in [0.15, 0.2) is 5.96 Å². The normalized spacial score (nSPS) is 16.9. The van der Waals surface area contributed by atoms with Gasteiger partial charge in [-0.3, -0.25) is 4.68 Å². The van der Waals surface area contributed by atoms with Crippen LogP contribution in [0.5, 0.6) is 5.75 Å². The summed E-state index contributed by atoms with van der Waals surface area (Å²) in [5.74, 6) is 2.20. The summed E-state index contributed by atoms with van der Waals surface area (Å²) < 4.78 is 13.5. The molecule has 2 heterocycles. The van der Waals surface area contributed by atoms with Gasteiger partial charge in [0.25, 0.3) is 0 Å². The number of guanidine groups is 1. The Labute approximate surface area is 167 Å². The van der Waals surface area contributed by atoms with Crippen LogP contribution in [0.2, 0.25) is 0 Å². The maximum Gasteiger partial charge on any atom is 0.191 e. The molecule has 1 fully saturated rings. The Bertz CT molecular complexity index is 739. The van der Waals surface area contributed by atoms with Gasteiger partial charge in [-0.25, -0.2) is 4.99 Å². The number of hydrogen-bond acceptors (Lipinski definition) is 4. The molecule has 1 aliphatic heterocycles. The highest BCUT2D eigenvalue weighted by Crippen LogP contribution is 2.23. The molecule has 28 heavy (non-hydrogen) atoms. The predicted octanol–water partition coefficient (Wildman–Crippen LogP) is 2.36. The van der Waals surface area contributed by atoms with Gasteiger partial charge in [0.1, 0.15) is 5.75 Å². The highest BCUT2D eigenvalue weighted by Gasteiger charge is 2.17. The van der Waals surface area contributed by atoms with Crippen LogP contribution < -0.4 is 15.4 Å². The zero-order valence-corrected chi connectivity index (χ0v) is 16.9. The van der Waals surface area contributed by atoms with Crippen molar-refractivity contribution in [3.05, 3.63) is 47.8 Å². The molecule has 3 rings (SSSR count). The van der Waals surface area contributed by atoms with Crippen LogP contribution in [0.4, 0.5) is 0 Å². The zero-order chi connectivity index (χ0) is 19.6.